The van der Waals surface area contributed by atoms with Crippen LogP contribution in [-0.2, 0) is 0 Å². The SMILES string of the molecule is CCCCCCCN(CCN1CCN(CCSc2nc3ccccc3o2)CC1)C(=O)Nc1c(SCC)cc(C)nc1SCC. The number of nitrogens with one attached hydrogen (secondary N) is 1. The Morgan fingerprint density at radius 1 is 0.909 bits per heavy atom. The Morgan fingerprint density at radius 3 is 2.36 bits per heavy atom. The van der Waals surface area contributed by atoms with Crippen LogP contribution in [0.3, 0.4) is 0 Å². The topological polar surface area (TPSA) is 77.7 Å². The third-order valence-corrected chi connectivity index (χ3v) is 10.4. The van der Waals surface area contributed by atoms with Crippen molar-refractivity contribution < 1.29 is 9.21 Å². The van der Waals surface area contributed by atoms with Gasteiger partial charge in [-0.05, 0) is 43.0 Å². The van der Waals surface area contributed by atoms with E-state index >= 15 is 0 Å². The van der Waals surface area contributed by atoms with Gasteiger partial charge in [0.1, 0.15) is 10.5 Å². The third-order valence-electron chi connectivity index (χ3n) is 7.77. The Labute approximate surface area is 276 Å². The summed E-state index contributed by atoms with van der Waals surface area (Å²) in [5.74, 6) is 2.83. The second-order valence-electron chi connectivity index (χ2n) is 11.1. The molecule has 0 aliphatic carbocycles. The number of fused-ring (bicyclic) bond motifs is 1. The van der Waals surface area contributed by atoms with E-state index in [-0.39, 0.29) is 6.03 Å². The second-order valence-corrected chi connectivity index (χ2v) is 14.7. The van der Waals surface area contributed by atoms with Gasteiger partial charge in [0.15, 0.2) is 5.58 Å². The van der Waals surface area contributed by atoms with Crippen molar-refractivity contribution >= 4 is 58.1 Å². The Hall–Kier alpha value is -1.92. The van der Waals surface area contributed by atoms with E-state index in [0.29, 0.717) is 0 Å². The molecule has 0 radical (unpaired) electrons. The monoisotopic (exact) mass is 658 g/mol. The van der Waals surface area contributed by atoms with Crippen LogP contribution in [0.5, 0.6) is 0 Å². The van der Waals surface area contributed by atoms with E-state index in [2.05, 4.69) is 46.9 Å². The van der Waals surface area contributed by atoms with Gasteiger partial charge < -0.3 is 14.6 Å². The minimum absolute atomic E-state index is 0.00286. The first-order chi connectivity index (χ1) is 21.5. The Morgan fingerprint density at radius 2 is 1.64 bits per heavy atom. The number of nitrogens with zero attached hydrogens (tertiary/aromatic N) is 5. The largest absolute Gasteiger partial charge is 0.431 e. The number of aryl methyl sites for hydroxylation is 1. The number of amides is 2. The highest BCUT2D eigenvalue weighted by molar-refractivity contribution is 8.00. The Kier molecular flexibility index (Phi) is 15.0. The van der Waals surface area contributed by atoms with Gasteiger partial charge in [0.25, 0.3) is 5.22 Å². The number of urea groups is 1. The molecule has 0 spiro atoms. The summed E-state index contributed by atoms with van der Waals surface area (Å²) in [4.78, 5) is 31.3. The number of para-hydroxylation sites is 2. The number of hydrogen-bond acceptors (Lipinski definition) is 9. The number of anilines is 1. The quantitative estimate of drug-likeness (QED) is 0.108. The highest BCUT2D eigenvalue weighted by atomic mass is 32.2. The summed E-state index contributed by atoms with van der Waals surface area (Å²) in [6.07, 6.45) is 5.92. The molecule has 1 N–H and O–H groups in total. The van der Waals surface area contributed by atoms with E-state index in [1.54, 1.807) is 35.3 Å². The molecular weight excluding hydrogens is 609 g/mol. The predicted molar refractivity (Wildman–Crippen MR) is 189 cm³/mol. The van der Waals surface area contributed by atoms with Crippen molar-refractivity contribution in [1.29, 1.82) is 0 Å². The van der Waals surface area contributed by atoms with Crippen LogP contribution in [0.15, 0.2) is 49.9 Å². The summed E-state index contributed by atoms with van der Waals surface area (Å²) in [6.45, 7) is 16.1. The lowest BCUT2D eigenvalue weighted by atomic mass is 10.1. The summed E-state index contributed by atoms with van der Waals surface area (Å²) >= 11 is 5.15. The fourth-order valence-electron chi connectivity index (χ4n) is 5.32. The number of hydrogen-bond donors (Lipinski definition) is 1. The lowest BCUT2D eigenvalue weighted by Crippen LogP contribution is -2.49. The number of unbranched alkanes of at least 4 members (excludes halogenated alkanes) is 4. The van der Waals surface area contributed by atoms with E-state index in [0.717, 1.165) is 120 Å². The van der Waals surface area contributed by atoms with E-state index in [1.807, 2.05) is 36.1 Å². The maximum atomic E-state index is 13.8. The van der Waals surface area contributed by atoms with Crippen LogP contribution in [0.1, 0.15) is 58.6 Å². The molecule has 1 fully saturated rings. The van der Waals surface area contributed by atoms with Crippen LogP contribution in [0, 0.1) is 6.92 Å². The van der Waals surface area contributed by atoms with Crippen LogP contribution in [0.4, 0.5) is 10.5 Å². The molecule has 2 amide bonds. The molecule has 1 saturated heterocycles. The Bertz CT molecular complexity index is 1240. The highest BCUT2D eigenvalue weighted by Crippen LogP contribution is 2.35. The van der Waals surface area contributed by atoms with Gasteiger partial charge in [0.05, 0.1) is 5.69 Å². The average molecular weight is 659 g/mol. The van der Waals surface area contributed by atoms with Crippen LogP contribution in [-0.4, -0.2) is 100 Å². The minimum Gasteiger partial charge on any atom is -0.431 e. The fraction of sp³-hybridized carbons (Fsp3) is 0.606. The van der Waals surface area contributed by atoms with Gasteiger partial charge in [-0.2, -0.15) is 0 Å². The maximum Gasteiger partial charge on any atom is 0.321 e. The lowest BCUT2D eigenvalue weighted by Gasteiger charge is -2.35. The number of carbonyl (C=O) groups excluding carboxylic acids is 1. The van der Waals surface area contributed by atoms with Crippen molar-refractivity contribution in [3.05, 3.63) is 36.0 Å². The summed E-state index contributed by atoms with van der Waals surface area (Å²) in [6, 6.07) is 10.0. The first kappa shape index (κ1) is 34.9. The number of oxazole rings is 1. The zero-order chi connectivity index (χ0) is 31.1. The first-order valence-corrected chi connectivity index (χ1v) is 19.2. The van der Waals surface area contributed by atoms with E-state index < -0.39 is 0 Å². The van der Waals surface area contributed by atoms with Gasteiger partial charge in [-0.3, -0.25) is 9.80 Å². The second kappa shape index (κ2) is 18.9. The van der Waals surface area contributed by atoms with Crippen LogP contribution < -0.4 is 5.32 Å². The van der Waals surface area contributed by atoms with E-state index in [4.69, 9.17) is 9.40 Å². The summed E-state index contributed by atoms with van der Waals surface area (Å²) < 4.78 is 5.86. The van der Waals surface area contributed by atoms with Gasteiger partial charge in [-0.1, -0.05) is 70.3 Å². The van der Waals surface area contributed by atoms with Gasteiger partial charge in [-0.25, -0.2) is 14.8 Å². The molecule has 0 unspecified atom stereocenters. The zero-order valence-electron chi connectivity index (χ0n) is 27.0. The van der Waals surface area contributed by atoms with Crippen LogP contribution in [0.2, 0.25) is 0 Å². The molecule has 1 aliphatic rings. The van der Waals surface area contributed by atoms with Crippen molar-refractivity contribution in [2.24, 2.45) is 0 Å². The number of pyridine rings is 1. The molecule has 2 aromatic heterocycles. The van der Waals surface area contributed by atoms with Crippen molar-refractivity contribution in [1.82, 2.24) is 24.7 Å². The number of rotatable bonds is 18. The molecule has 8 nitrogen and oxygen atoms in total. The number of thioether (sulfide) groups is 3. The zero-order valence-corrected chi connectivity index (χ0v) is 29.4. The summed E-state index contributed by atoms with van der Waals surface area (Å²) in [5.41, 5.74) is 3.64. The van der Waals surface area contributed by atoms with Gasteiger partial charge >= 0.3 is 6.03 Å². The molecule has 0 saturated carbocycles. The van der Waals surface area contributed by atoms with Crippen LogP contribution in [0.25, 0.3) is 11.1 Å². The van der Waals surface area contributed by atoms with Crippen molar-refractivity contribution in [3.63, 3.8) is 0 Å². The minimum atomic E-state index is -0.00286. The smallest absolute Gasteiger partial charge is 0.321 e. The molecule has 11 heteroatoms. The molecule has 3 heterocycles. The molecule has 0 atom stereocenters. The Balaban J connectivity index is 1.28. The van der Waals surface area contributed by atoms with Crippen molar-refractivity contribution in [3.8, 4) is 0 Å². The van der Waals surface area contributed by atoms with Crippen molar-refractivity contribution in [2.75, 3.05) is 74.9 Å². The number of aromatic nitrogens is 2. The van der Waals surface area contributed by atoms with Crippen LogP contribution >= 0.6 is 35.3 Å². The lowest BCUT2D eigenvalue weighted by molar-refractivity contribution is 0.127. The summed E-state index contributed by atoms with van der Waals surface area (Å²) in [5, 5.41) is 4.98. The molecule has 1 aliphatic heterocycles. The molecule has 1 aromatic carbocycles. The number of carbonyl (C=O) groups is 1. The first-order valence-electron chi connectivity index (χ1n) is 16.3. The fourth-order valence-corrected chi connectivity index (χ4v) is 7.87. The molecule has 44 heavy (non-hydrogen) atoms. The molecule has 0 bridgehead atoms. The highest BCUT2D eigenvalue weighted by Gasteiger charge is 2.22. The molecule has 3 aromatic rings. The number of piperazine rings is 1. The average Bonchev–Trinajstić information content (AvgIpc) is 3.44. The van der Waals surface area contributed by atoms with E-state index in [1.165, 1.54) is 19.3 Å². The van der Waals surface area contributed by atoms with Crippen molar-refractivity contribution in [2.45, 2.75) is 74.9 Å². The normalized spacial score (nSPS) is 14.4. The summed E-state index contributed by atoms with van der Waals surface area (Å²) in [7, 11) is 0. The van der Waals surface area contributed by atoms with Gasteiger partial charge in [0.2, 0.25) is 0 Å². The molecule has 4 rings (SSSR count). The third kappa shape index (κ3) is 10.9. The predicted octanol–water partition coefficient (Wildman–Crippen LogP) is 7.97. The molecule has 242 valence electrons. The molecular formula is C33H50N6O2S3. The van der Waals surface area contributed by atoms with E-state index in [9.17, 15) is 4.79 Å². The standard InChI is InChI=1S/C33H50N6O2S3/c1-5-8-9-10-13-16-39(32(40)36-30-29(42-6-2)25-26(4)34-31(30)43-7-3)22-21-37-17-19-38(20-18-37)23-24-44-33-35-27-14-11-12-15-28(27)41-33/h11-12,14-15,25H,5-10,13,16-24H2,1-4H3,(H,36,40). The maximum absolute atomic E-state index is 13.8. The number of benzene rings is 1. The van der Waals surface area contributed by atoms with Gasteiger partial charge in [-0.15, -0.1) is 23.5 Å². The van der Waals surface area contributed by atoms with Gasteiger partial charge in [0, 0.05) is 68.7 Å².